The third kappa shape index (κ3) is 7.29. The van der Waals surface area contributed by atoms with Crippen molar-refractivity contribution in [3.8, 4) is 5.75 Å². The van der Waals surface area contributed by atoms with Gasteiger partial charge in [-0.3, -0.25) is 9.59 Å². The molecule has 0 bridgehead atoms. The molecule has 3 rings (SSSR count). The second kappa shape index (κ2) is 12.8. The topological polar surface area (TPSA) is 71.0 Å². The summed E-state index contributed by atoms with van der Waals surface area (Å²) in [7, 11) is 0. The van der Waals surface area contributed by atoms with E-state index in [0.29, 0.717) is 18.1 Å². The molecular weight excluding hydrogens is 625 g/mol. The standard InChI is InChI=1S/C29H35BrCl3N3O3/c1-7-28(3,4)17-11-12-22(19(14-17)29(5,6)8-2)39-13-9-10-23(37)34-26-24(30)27(38)36(35-26)25-20(32)15-18(31)16-21(25)33/h11-12,14-16,24H,7-10,13H2,1-6H3,(H,34,35,37). The molecule has 0 aromatic heterocycles. The maximum Gasteiger partial charge on any atom is 0.269 e. The smallest absolute Gasteiger partial charge is 0.269 e. The Morgan fingerprint density at radius 3 is 2.26 bits per heavy atom. The van der Waals surface area contributed by atoms with Gasteiger partial charge in [0.2, 0.25) is 5.91 Å². The number of hydrazone groups is 1. The molecule has 0 saturated carbocycles. The van der Waals surface area contributed by atoms with E-state index in [2.05, 4.69) is 86.1 Å². The Morgan fingerprint density at radius 1 is 1.05 bits per heavy atom. The van der Waals surface area contributed by atoms with E-state index in [1.807, 2.05) is 0 Å². The number of halogens is 4. The minimum Gasteiger partial charge on any atom is -0.493 e. The van der Waals surface area contributed by atoms with Crippen LogP contribution in [-0.2, 0) is 20.4 Å². The van der Waals surface area contributed by atoms with Crippen molar-refractivity contribution >= 4 is 74.1 Å². The average molecular weight is 660 g/mol. The number of amides is 2. The quantitative estimate of drug-likeness (QED) is 0.206. The third-order valence-electron chi connectivity index (χ3n) is 7.40. The molecule has 0 aliphatic carbocycles. The number of hydrogen-bond acceptors (Lipinski definition) is 4. The van der Waals surface area contributed by atoms with Crippen LogP contribution in [0.15, 0.2) is 35.4 Å². The fourth-order valence-electron chi connectivity index (χ4n) is 4.04. The molecule has 2 aromatic rings. The van der Waals surface area contributed by atoms with E-state index >= 15 is 0 Å². The molecule has 0 spiro atoms. The van der Waals surface area contributed by atoms with Crippen LogP contribution in [0.25, 0.3) is 0 Å². The Balaban J connectivity index is 1.64. The van der Waals surface area contributed by atoms with Crippen LogP contribution >= 0.6 is 50.7 Å². The lowest BCUT2D eigenvalue weighted by Gasteiger charge is -2.30. The van der Waals surface area contributed by atoms with E-state index in [1.54, 1.807) is 0 Å². The van der Waals surface area contributed by atoms with Gasteiger partial charge in [-0.25, -0.2) is 0 Å². The van der Waals surface area contributed by atoms with Crippen molar-refractivity contribution in [2.45, 2.75) is 82.9 Å². The zero-order valence-corrected chi connectivity index (χ0v) is 27.0. The van der Waals surface area contributed by atoms with Crippen molar-refractivity contribution in [2.24, 2.45) is 5.10 Å². The first kappa shape index (κ1) is 31.7. The molecule has 10 heteroatoms. The number of anilines is 1. The number of ether oxygens (including phenoxy) is 1. The van der Waals surface area contributed by atoms with Crippen molar-refractivity contribution in [1.29, 1.82) is 0 Å². The monoisotopic (exact) mass is 657 g/mol. The van der Waals surface area contributed by atoms with Crippen LogP contribution in [-0.4, -0.2) is 29.1 Å². The fourth-order valence-corrected chi connectivity index (χ4v) is 5.42. The fraction of sp³-hybridized carbons (Fsp3) is 0.483. The molecule has 2 aromatic carbocycles. The van der Waals surface area contributed by atoms with Crippen LogP contribution in [0.1, 0.15) is 78.4 Å². The third-order valence-corrected chi connectivity index (χ3v) is 9.02. The van der Waals surface area contributed by atoms with Gasteiger partial charge < -0.3 is 10.1 Å². The van der Waals surface area contributed by atoms with Gasteiger partial charge in [0, 0.05) is 17.0 Å². The lowest BCUT2D eigenvalue weighted by atomic mass is 9.76. The summed E-state index contributed by atoms with van der Waals surface area (Å²) in [6, 6.07) is 9.40. The predicted molar refractivity (Wildman–Crippen MR) is 165 cm³/mol. The number of alkyl halides is 1. The number of rotatable bonds is 10. The summed E-state index contributed by atoms with van der Waals surface area (Å²) in [4.78, 5) is 24.6. The van der Waals surface area contributed by atoms with E-state index in [1.165, 1.54) is 23.3 Å². The Labute approximate surface area is 254 Å². The zero-order chi connectivity index (χ0) is 29.1. The summed E-state index contributed by atoms with van der Waals surface area (Å²) in [5.41, 5.74) is 2.70. The number of carbonyl (C=O) groups is 2. The van der Waals surface area contributed by atoms with Crippen LogP contribution < -0.4 is 15.1 Å². The minimum absolute atomic E-state index is 0.0493. The number of nitrogens with zero attached hydrogens (tertiary/aromatic N) is 2. The van der Waals surface area contributed by atoms with Gasteiger partial charge in [-0.15, -0.1) is 5.10 Å². The molecule has 212 valence electrons. The number of nitrogens with one attached hydrogen (secondary N) is 1. The molecule has 1 heterocycles. The Kier molecular flexibility index (Phi) is 10.4. The van der Waals surface area contributed by atoms with E-state index in [-0.39, 0.29) is 44.7 Å². The predicted octanol–water partition coefficient (Wildman–Crippen LogP) is 8.42. The molecule has 0 saturated heterocycles. The second-order valence-corrected chi connectivity index (χ2v) is 13.1. The van der Waals surface area contributed by atoms with Crippen molar-refractivity contribution < 1.29 is 14.3 Å². The summed E-state index contributed by atoms with van der Waals surface area (Å²) < 4.78 is 6.17. The maximum absolute atomic E-state index is 12.8. The molecule has 0 fully saturated rings. The maximum atomic E-state index is 12.8. The average Bonchev–Trinajstić information content (AvgIpc) is 3.14. The first-order chi connectivity index (χ1) is 18.2. The first-order valence-corrected chi connectivity index (χ1v) is 15.1. The van der Waals surface area contributed by atoms with Gasteiger partial charge in [0.05, 0.1) is 16.7 Å². The van der Waals surface area contributed by atoms with Crippen LogP contribution in [0, 0.1) is 0 Å². The Hall–Kier alpha value is -1.80. The number of amidine groups is 1. The minimum atomic E-state index is -0.842. The molecule has 1 aliphatic heterocycles. The van der Waals surface area contributed by atoms with Gasteiger partial charge in [-0.1, -0.05) is 104 Å². The highest BCUT2D eigenvalue weighted by Crippen LogP contribution is 2.40. The summed E-state index contributed by atoms with van der Waals surface area (Å²) >= 11 is 21.8. The van der Waals surface area contributed by atoms with Crippen molar-refractivity contribution in [3.05, 3.63) is 56.5 Å². The lowest BCUT2D eigenvalue weighted by molar-refractivity contribution is -0.119. The SMILES string of the molecule is CCC(C)(C)c1ccc(OCCCC(=O)NC2=NN(c3c(Cl)cc(Cl)cc3Cl)C(=O)C2Br)c(C(C)(C)CC)c1. The molecular formula is C29H35BrCl3N3O3. The molecule has 1 N–H and O–H groups in total. The Bertz CT molecular complexity index is 1260. The number of benzene rings is 2. The van der Waals surface area contributed by atoms with Crippen LogP contribution in [0.4, 0.5) is 5.69 Å². The van der Waals surface area contributed by atoms with Gasteiger partial charge in [0.1, 0.15) is 11.4 Å². The van der Waals surface area contributed by atoms with E-state index in [9.17, 15) is 9.59 Å². The van der Waals surface area contributed by atoms with Gasteiger partial charge in [-0.2, -0.15) is 5.01 Å². The largest absolute Gasteiger partial charge is 0.493 e. The van der Waals surface area contributed by atoms with Gasteiger partial charge in [0.25, 0.3) is 5.91 Å². The van der Waals surface area contributed by atoms with Crippen molar-refractivity contribution in [1.82, 2.24) is 5.32 Å². The van der Waals surface area contributed by atoms with Crippen LogP contribution in [0.3, 0.4) is 0 Å². The van der Waals surface area contributed by atoms with E-state index < -0.39 is 10.7 Å². The number of hydrogen-bond donors (Lipinski definition) is 1. The van der Waals surface area contributed by atoms with Gasteiger partial charge in [0.15, 0.2) is 10.7 Å². The van der Waals surface area contributed by atoms with Gasteiger partial charge in [-0.05, 0) is 53.9 Å². The van der Waals surface area contributed by atoms with E-state index in [4.69, 9.17) is 39.5 Å². The molecule has 2 amide bonds. The normalized spacial score (nSPS) is 15.9. The summed E-state index contributed by atoms with van der Waals surface area (Å²) in [5, 5.41) is 8.71. The van der Waals surface area contributed by atoms with Crippen LogP contribution in [0.2, 0.25) is 15.1 Å². The van der Waals surface area contributed by atoms with E-state index in [0.717, 1.165) is 23.6 Å². The highest BCUT2D eigenvalue weighted by molar-refractivity contribution is 9.10. The summed E-state index contributed by atoms with van der Waals surface area (Å²) in [6.45, 7) is 13.7. The molecule has 1 atom stereocenters. The first-order valence-electron chi connectivity index (χ1n) is 13.0. The van der Waals surface area contributed by atoms with Crippen molar-refractivity contribution in [3.63, 3.8) is 0 Å². The van der Waals surface area contributed by atoms with Crippen molar-refractivity contribution in [2.75, 3.05) is 11.6 Å². The highest BCUT2D eigenvalue weighted by atomic mass is 79.9. The lowest BCUT2D eigenvalue weighted by Crippen LogP contribution is -2.37. The Morgan fingerprint density at radius 2 is 1.67 bits per heavy atom. The molecule has 6 nitrogen and oxygen atoms in total. The van der Waals surface area contributed by atoms with Gasteiger partial charge >= 0.3 is 0 Å². The molecule has 0 radical (unpaired) electrons. The second-order valence-electron chi connectivity index (χ2n) is 10.9. The summed E-state index contributed by atoms with van der Waals surface area (Å²) in [6.07, 6.45) is 2.70. The molecule has 1 aliphatic rings. The highest BCUT2D eigenvalue weighted by Gasteiger charge is 2.37. The number of carbonyl (C=O) groups excluding carboxylic acids is 2. The van der Waals surface area contributed by atoms with Crippen LogP contribution in [0.5, 0.6) is 5.75 Å². The molecule has 39 heavy (non-hydrogen) atoms. The zero-order valence-electron chi connectivity index (χ0n) is 23.1. The summed E-state index contributed by atoms with van der Waals surface area (Å²) in [5.74, 6) is 0.296. The molecule has 1 unspecified atom stereocenters.